The van der Waals surface area contributed by atoms with Gasteiger partial charge in [0.15, 0.2) is 0 Å². The molecule has 1 fully saturated rings. The number of ether oxygens (including phenoxy) is 1. The van der Waals surface area contributed by atoms with Crippen molar-refractivity contribution in [1.82, 2.24) is 10.1 Å². The zero-order valence-electron chi connectivity index (χ0n) is 9.85. The zero-order valence-corrected chi connectivity index (χ0v) is 10.6. The van der Waals surface area contributed by atoms with Crippen molar-refractivity contribution in [2.75, 3.05) is 19.0 Å². The third-order valence-corrected chi connectivity index (χ3v) is 3.26. The lowest BCUT2D eigenvalue weighted by atomic mass is 10.1. The minimum Gasteiger partial charge on any atom is -0.373 e. The number of carbonyl (C=O) groups excluding carboxylic acids is 1. The molecule has 6 heteroatoms. The summed E-state index contributed by atoms with van der Waals surface area (Å²) in [5, 5.41) is 3.62. The number of hydrogen-bond donors (Lipinski definition) is 0. The Morgan fingerprint density at radius 2 is 2.47 bits per heavy atom. The van der Waals surface area contributed by atoms with E-state index in [9.17, 15) is 4.79 Å². The Labute approximate surface area is 105 Å². The monoisotopic (exact) mass is 258 g/mol. The summed E-state index contributed by atoms with van der Waals surface area (Å²) in [6.45, 7) is 4.69. The van der Waals surface area contributed by atoms with Crippen molar-refractivity contribution in [1.29, 1.82) is 0 Å². The molecule has 5 nitrogen and oxygen atoms in total. The molecule has 1 aliphatic heterocycles. The molecule has 0 saturated carbocycles. The van der Waals surface area contributed by atoms with Gasteiger partial charge in [-0.1, -0.05) is 5.16 Å². The van der Waals surface area contributed by atoms with Crippen LogP contribution in [0.5, 0.6) is 0 Å². The summed E-state index contributed by atoms with van der Waals surface area (Å²) in [6, 6.07) is 0.0382. The van der Waals surface area contributed by atoms with E-state index in [-0.39, 0.29) is 18.1 Å². The Morgan fingerprint density at radius 1 is 1.71 bits per heavy atom. The zero-order chi connectivity index (χ0) is 12.4. The average molecular weight is 259 g/mol. The number of halogens is 1. The Morgan fingerprint density at radius 3 is 3.06 bits per heavy atom. The molecule has 94 valence electrons. The quantitative estimate of drug-likeness (QED) is 0.754. The van der Waals surface area contributed by atoms with Gasteiger partial charge >= 0.3 is 0 Å². The minimum absolute atomic E-state index is 0.0382. The highest BCUT2D eigenvalue weighted by Crippen LogP contribution is 2.18. The van der Waals surface area contributed by atoms with Crippen molar-refractivity contribution in [3.05, 3.63) is 17.5 Å². The van der Waals surface area contributed by atoms with Crippen LogP contribution in [0.4, 0.5) is 0 Å². The van der Waals surface area contributed by atoms with E-state index in [0.29, 0.717) is 30.4 Å². The Kier molecular flexibility index (Phi) is 3.69. The van der Waals surface area contributed by atoms with Crippen LogP contribution in [0.3, 0.4) is 0 Å². The Hall–Kier alpha value is -1.07. The van der Waals surface area contributed by atoms with Gasteiger partial charge in [-0.25, -0.2) is 0 Å². The van der Waals surface area contributed by atoms with Gasteiger partial charge in [0.2, 0.25) is 0 Å². The molecular formula is C11H15ClN2O3. The fourth-order valence-corrected chi connectivity index (χ4v) is 2.04. The smallest absolute Gasteiger partial charge is 0.259 e. The summed E-state index contributed by atoms with van der Waals surface area (Å²) >= 11 is 5.76. The molecule has 2 heterocycles. The molecule has 2 atom stereocenters. The number of amides is 1. The molecule has 1 amide bonds. The first-order chi connectivity index (χ1) is 8.13. The van der Waals surface area contributed by atoms with Crippen LogP contribution in [-0.2, 0) is 4.74 Å². The Balaban J connectivity index is 2.15. The van der Waals surface area contributed by atoms with E-state index in [4.69, 9.17) is 20.9 Å². The van der Waals surface area contributed by atoms with Crippen LogP contribution in [0.25, 0.3) is 0 Å². The molecule has 2 rings (SSSR count). The average Bonchev–Trinajstić information content (AvgIpc) is 2.75. The standard InChI is InChI=1S/C11H15ClN2O3/c1-7-6-16-9(3-12)5-14(7)11(15)10-4-13-17-8(10)2/h4,7,9H,3,5-6H2,1-2H3. The van der Waals surface area contributed by atoms with Gasteiger partial charge in [-0.15, -0.1) is 11.6 Å². The van der Waals surface area contributed by atoms with Crippen molar-refractivity contribution in [3.8, 4) is 0 Å². The van der Waals surface area contributed by atoms with Gasteiger partial charge < -0.3 is 14.2 Å². The van der Waals surface area contributed by atoms with Crippen molar-refractivity contribution < 1.29 is 14.1 Å². The molecule has 1 aromatic rings. The van der Waals surface area contributed by atoms with E-state index in [1.54, 1.807) is 11.8 Å². The third kappa shape index (κ3) is 2.45. The molecule has 17 heavy (non-hydrogen) atoms. The maximum Gasteiger partial charge on any atom is 0.259 e. The lowest BCUT2D eigenvalue weighted by Gasteiger charge is -2.37. The van der Waals surface area contributed by atoms with Gasteiger partial charge in [0.05, 0.1) is 30.8 Å². The molecule has 0 aliphatic carbocycles. The van der Waals surface area contributed by atoms with Crippen molar-refractivity contribution in [2.24, 2.45) is 0 Å². The van der Waals surface area contributed by atoms with Crippen LogP contribution < -0.4 is 0 Å². The molecular weight excluding hydrogens is 244 g/mol. The van der Waals surface area contributed by atoms with Crippen LogP contribution in [0.1, 0.15) is 23.0 Å². The van der Waals surface area contributed by atoms with E-state index in [0.717, 1.165) is 0 Å². The summed E-state index contributed by atoms with van der Waals surface area (Å²) in [5.41, 5.74) is 0.507. The van der Waals surface area contributed by atoms with Crippen LogP contribution in [-0.4, -0.2) is 47.1 Å². The van der Waals surface area contributed by atoms with Crippen LogP contribution in [0.15, 0.2) is 10.7 Å². The fourth-order valence-electron chi connectivity index (χ4n) is 1.85. The van der Waals surface area contributed by atoms with Gasteiger partial charge in [0.1, 0.15) is 11.3 Å². The van der Waals surface area contributed by atoms with Crippen molar-refractivity contribution in [2.45, 2.75) is 26.0 Å². The minimum atomic E-state index is -0.100. The molecule has 0 spiro atoms. The fraction of sp³-hybridized carbons (Fsp3) is 0.636. The summed E-state index contributed by atoms with van der Waals surface area (Å²) in [6.07, 6.45) is 1.35. The maximum absolute atomic E-state index is 12.3. The summed E-state index contributed by atoms with van der Waals surface area (Å²) in [4.78, 5) is 14.0. The normalized spacial score (nSPS) is 25.0. The Bertz CT molecular complexity index is 407. The number of rotatable bonds is 2. The van der Waals surface area contributed by atoms with Crippen LogP contribution in [0.2, 0.25) is 0 Å². The molecule has 0 radical (unpaired) electrons. The molecule has 2 unspecified atom stereocenters. The highest BCUT2D eigenvalue weighted by atomic mass is 35.5. The maximum atomic E-state index is 12.3. The molecule has 0 bridgehead atoms. The SMILES string of the molecule is Cc1oncc1C(=O)N1CC(CCl)OCC1C. The van der Waals surface area contributed by atoms with Crippen molar-refractivity contribution in [3.63, 3.8) is 0 Å². The first-order valence-electron chi connectivity index (χ1n) is 5.53. The lowest BCUT2D eigenvalue weighted by Crippen LogP contribution is -2.51. The van der Waals surface area contributed by atoms with Gasteiger partial charge in [-0.05, 0) is 13.8 Å². The van der Waals surface area contributed by atoms with Gasteiger partial charge in [0, 0.05) is 6.54 Å². The molecule has 1 saturated heterocycles. The number of morpholine rings is 1. The van der Waals surface area contributed by atoms with Crippen molar-refractivity contribution >= 4 is 17.5 Å². The van der Waals surface area contributed by atoms with Crippen LogP contribution in [0, 0.1) is 6.92 Å². The number of carbonyl (C=O) groups is 1. The second-order valence-corrected chi connectivity index (χ2v) is 4.52. The van der Waals surface area contributed by atoms with E-state index >= 15 is 0 Å². The van der Waals surface area contributed by atoms with Gasteiger partial charge in [-0.2, -0.15) is 0 Å². The van der Waals surface area contributed by atoms with E-state index in [1.165, 1.54) is 6.20 Å². The second-order valence-electron chi connectivity index (χ2n) is 4.21. The van der Waals surface area contributed by atoms with Crippen LogP contribution >= 0.6 is 11.6 Å². The van der Waals surface area contributed by atoms with Gasteiger partial charge in [0.25, 0.3) is 5.91 Å². The van der Waals surface area contributed by atoms with E-state index in [1.807, 2.05) is 6.92 Å². The third-order valence-electron chi connectivity index (χ3n) is 2.92. The predicted molar refractivity (Wildman–Crippen MR) is 62.2 cm³/mol. The first kappa shape index (κ1) is 12.4. The van der Waals surface area contributed by atoms with E-state index < -0.39 is 0 Å². The second kappa shape index (κ2) is 5.06. The first-order valence-corrected chi connectivity index (χ1v) is 6.06. The highest BCUT2D eigenvalue weighted by Gasteiger charge is 2.31. The largest absolute Gasteiger partial charge is 0.373 e. The number of alkyl halides is 1. The predicted octanol–water partition coefficient (Wildman–Crippen LogP) is 1.45. The summed E-state index contributed by atoms with van der Waals surface area (Å²) in [7, 11) is 0. The topological polar surface area (TPSA) is 55.6 Å². The number of nitrogens with zero attached hydrogens (tertiary/aromatic N) is 2. The number of aryl methyl sites for hydroxylation is 1. The molecule has 0 aromatic carbocycles. The lowest BCUT2D eigenvalue weighted by molar-refractivity contribution is -0.0372. The number of hydrogen-bond acceptors (Lipinski definition) is 4. The summed E-state index contributed by atoms with van der Waals surface area (Å²) < 4.78 is 10.4. The van der Waals surface area contributed by atoms with E-state index in [2.05, 4.69) is 5.16 Å². The molecule has 1 aromatic heterocycles. The molecule has 1 aliphatic rings. The molecule has 0 N–H and O–H groups in total. The number of aromatic nitrogens is 1. The van der Waals surface area contributed by atoms with Gasteiger partial charge in [-0.3, -0.25) is 4.79 Å². The highest BCUT2D eigenvalue weighted by molar-refractivity contribution is 6.18. The summed E-state index contributed by atoms with van der Waals surface area (Å²) in [5.74, 6) is 0.852.